The average Bonchev–Trinajstić information content (AvgIpc) is 2.92. The Bertz CT molecular complexity index is 619. The van der Waals surface area contributed by atoms with Crippen molar-refractivity contribution in [3.05, 3.63) is 16.8 Å². The van der Waals surface area contributed by atoms with Crippen LogP contribution in [0.3, 0.4) is 0 Å². The van der Waals surface area contributed by atoms with E-state index in [-0.39, 0.29) is 0 Å². The zero-order valence-electron chi connectivity index (χ0n) is 10.7. The third-order valence-corrected chi connectivity index (χ3v) is 3.56. The fraction of sp³-hybridized carbons (Fsp3) is 0.364. The highest BCUT2D eigenvalue weighted by Crippen LogP contribution is 2.35. The normalized spacial score (nSPS) is 12.4. The van der Waals surface area contributed by atoms with Gasteiger partial charge in [-0.25, -0.2) is 9.67 Å². The van der Waals surface area contributed by atoms with Crippen molar-refractivity contribution in [3.63, 3.8) is 0 Å². The number of carbonyl (C=O) groups is 1. The predicted octanol–water partition coefficient (Wildman–Crippen LogP) is 0.945. The van der Waals surface area contributed by atoms with Crippen LogP contribution in [0.4, 0.5) is 0 Å². The van der Waals surface area contributed by atoms with Crippen LogP contribution in [0.2, 0.25) is 0 Å². The van der Waals surface area contributed by atoms with E-state index in [1.807, 2.05) is 6.92 Å². The van der Waals surface area contributed by atoms with Crippen molar-refractivity contribution in [2.24, 2.45) is 12.8 Å². The van der Waals surface area contributed by atoms with Gasteiger partial charge in [0.15, 0.2) is 0 Å². The van der Waals surface area contributed by atoms with Gasteiger partial charge in [-0.15, -0.1) is 11.3 Å². The van der Waals surface area contributed by atoms with Crippen LogP contribution in [0.15, 0.2) is 5.38 Å². The number of aliphatic carboxylic acids is 1. The van der Waals surface area contributed by atoms with Gasteiger partial charge in [-0.05, 0) is 6.92 Å². The Balaban J connectivity index is 2.46. The van der Waals surface area contributed by atoms with Crippen LogP contribution in [0.25, 0.3) is 10.6 Å². The minimum Gasteiger partial charge on any atom is -0.481 e. The van der Waals surface area contributed by atoms with Gasteiger partial charge in [-0.2, -0.15) is 5.10 Å². The standard InChI is InChI=1S/C11H14N4O3S/c1-5-7(10(18-3)15(2)14-5)9-13-6(4-19-9)8(12)11(16)17/h4,8H,12H2,1-3H3,(H,16,17). The van der Waals surface area contributed by atoms with E-state index in [9.17, 15) is 4.79 Å². The van der Waals surface area contributed by atoms with Crippen LogP contribution in [-0.4, -0.2) is 33.0 Å². The Hall–Kier alpha value is -1.93. The summed E-state index contributed by atoms with van der Waals surface area (Å²) in [4.78, 5) is 15.1. The Kier molecular flexibility index (Phi) is 3.54. The van der Waals surface area contributed by atoms with Gasteiger partial charge in [-0.1, -0.05) is 0 Å². The van der Waals surface area contributed by atoms with Gasteiger partial charge in [-0.3, -0.25) is 4.79 Å². The fourth-order valence-electron chi connectivity index (χ4n) is 1.79. The first-order chi connectivity index (χ1) is 8.95. The van der Waals surface area contributed by atoms with Crippen molar-refractivity contribution in [1.82, 2.24) is 14.8 Å². The Morgan fingerprint density at radius 2 is 2.32 bits per heavy atom. The number of carboxylic acids is 1. The summed E-state index contributed by atoms with van der Waals surface area (Å²) in [7, 11) is 3.32. The van der Waals surface area contributed by atoms with Crippen LogP contribution in [-0.2, 0) is 11.8 Å². The molecule has 0 fully saturated rings. The van der Waals surface area contributed by atoms with Gasteiger partial charge in [0.05, 0.1) is 24.1 Å². The summed E-state index contributed by atoms with van der Waals surface area (Å²) in [5, 5.41) is 15.4. The van der Waals surface area contributed by atoms with E-state index >= 15 is 0 Å². The molecule has 0 aliphatic rings. The smallest absolute Gasteiger partial charge is 0.326 e. The molecule has 0 spiro atoms. The van der Waals surface area contributed by atoms with Gasteiger partial charge >= 0.3 is 5.97 Å². The largest absolute Gasteiger partial charge is 0.481 e. The maximum atomic E-state index is 10.8. The van der Waals surface area contributed by atoms with Crippen molar-refractivity contribution in [2.75, 3.05) is 7.11 Å². The van der Waals surface area contributed by atoms with E-state index in [4.69, 9.17) is 15.6 Å². The Morgan fingerprint density at radius 3 is 2.89 bits per heavy atom. The van der Waals surface area contributed by atoms with E-state index in [1.165, 1.54) is 11.3 Å². The first-order valence-electron chi connectivity index (χ1n) is 5.47. The van der Waals surface area contributed by atoms with Crippen molar-refractivity contribution >= 4 is 17.3 Å². The molecule has 1 atom stereocenters. The first-order valence-corrected chi connectivity index (χ1v) is 6.35. The second kappa shape index (κ2) is 4.98. The van der Waals surface area contributed by atoms with Crippen LogP contribution in [0, 0.1) is 6.92 Å². The van der Waals surface area contributed by atoms with E-state index in [2.05, 4.69) is 10.1 Å². The first kappa shape index (κ1) is 13.5. The lowest BCUT2D eigenvalue weighted by Crippen LogP contribution is -2.20. The maximum Gasteiger partial charge on any atom is 0.326 e. The molecule has 8 heteroatoms. The zero-order chi connectivity index (χ0) is 14.2. The number of nitrogens with zero attached hydrogens (tertiary/aromatic N) is 3. The SMILES string of the molecule is COc1c(-c2nc(C(N)C(=O)O)cs2)c(C)nn1C. The van der Waals surface area contributed by atoms with Crippen molar-refractivity contribution in [1.29, 1.82) is 0 Å². The van der Waals surface area contributed by atoms with Crippen LogP contribution in [0.5, 0.6) is 5.88 Å². The molecule has 2 aromatic rings. The highest BCUT2D eigenvalue weighted by molar-refractivity contribution is 7.13. The average molecular weight is 282 g/mol. The third-order valence-electron chi connectivity index (χ3n) is 2.68. The van der Waals surface area contributed by atoms with Gasteiger partial charge in [0.25, 0.3) is 0 Å². The van der Waals surface area contributed by atoms with Crippen LogP contribution in [0.1, 0.15) is 17.4 Å². The molecule has 0 aliphatic heterocycles. The van der Waals surface area contributed by atoms with E-state index < -0.39 is 12.0 Å². The number of carboxylic acid groups (broad SMARTS) is 1. The quantitative estimate of drug-likeness (QED) is 0.865. The van der Waals surface area contributed by atoms with Gasteiger partial charge < -0.3 is 15.6 Å². The number of hydrogen-bond donors (Lipinski definition) is 2. The summed E-state index contributed by atoms with van der Waals surface area (Å²) in [6.45, 7) is 1.84. The van der Waals surface area contributed by atoms with Gasteiger partial charge in [0.1, 0.15) is 11.0 Å². The molecule has 2 rings (SSSR count). The number of aromatic nitrogens is 3. The lowest BCUT2D eigenvalue weighted by molar-refractivity contribution is -0.138. The molecule has 0 saturated heterocycles. The number of methoxy groups -OCH3 is 1. The highest BCUT2D eigenvalue weighted by atomic mass is 32.1. The maximum absolute atomic E-state index is 10.8. The molecular formula is C11H14N4O3S. The summed E-state index contributed by atoms with van der Waals surface area (Å²) < 4.78 is 6.90. The number of ether oxygens (including phenoxy) is 1. The molecule has 2 heterocycles. The summed E-state index contributed by atoms with van der Waals surface area (Å²) in [5.74, 6) is -0.519. The lowest BCUT2D eigenvalue weighted by Gasteiger charge is -2.03. The predicted molar refractivity (Wildman–Crippen MR) is 70.2 cm³/mol. The van der Waals surface area contributed by atoms with Crippen molar-refractivity contribution in [3.8, 4) is 16.5 Å². The molecule has 102 valence electrons. The zero-order valence-corrected chi connectivity index (χ0v) is 11.6. The van der Waals surface area contributed by atoms with Crippen LogP contribution >= 0.6 is 11.3 Å². The third kappa shape index (κ3) is 2.32. The summed E-state index contributed by atoms with van der Waals surface area (Å²) in [6.07, 6.45) is 0. The Labute approximate surface area is 113 Å². The molecule has 0 aromatic carbocycles. The molecule has 0 radical (unpaired) electrons. The van der Waals surface area contributed by atoms with Crippen molar-refractivity contribution < 1.29 is 14.6 Å². The highest BCUT2D eigenvalue weighted by Gasteiger charge is 2.22. The van der Waals surface area contributed by atoms with E-state index in [0.717, 1.165) is 11.3 Å². The van der Waals surface area contributed by atoms with Crippen LogP contribution < -0.4 is 10.5 Å². The number of aryl methyl sites for hydroxylation is 2. The molecule has 0 aliphatic carbocycles. The summed E-state index contributed by atoms with van der Waals surface area (Å²) in [5.41, 5.74) is 7.40. The molecule has 2 aromatic heterocycles. The number of nitrogens with two attached hydrogens (primary N) is 1. The lowest BCUT2D eigenvalue weighted by atomic mass is 10.2. The monoisotopic (exact) mass is 282 g/mol. The summed E-state index contributed by atoms with van der Waals surface area (Å²) >= 11 is 1.32. The molecule has 0 bridgehead atoms. The van der Waals surface area contributed by atoms with Gasteiger partial charge in [0, 0.05) is 12.4 Å². The minimum atomic E-state index is -1.12. The second-order valence-corrected chi connectivity index (χ2v) is 4.84. The van der Waals surface area contributed by atoms with E-state index in [0.29, 0.717) is 16.6 Å². The molecule has 0 amide bonds. The van der Waals surface area contributed by atoms with E-state index in [1.54, 1.807) is 24.2 Å². The second-order valence-electron chi connectivity index (χ2n) is 3.99. The minimum absolute atomic E-state index is 0.331. The Morgan fingerprint density at radius 1 is 1.63 bits per heavy atom. The van der Waals surface area contributed by atoms with Gasteiger partial charge in [0.2, 0.25) is 5.88 Å². The van der Waals surface area contributed by atoms with Crippen molar-refractivity contribution in [2.45, 2.75) is 13.0 Å². The number of hydrogen-bond acceptors (Lipinski definition) is 6. The number of thiazole rings is 1. The molecular weight excluding hydrogens is 268 g/mol. The topological polar surface area (TPSA) is 103 Å². The molecule has 3 N–H and O–H groups in total. The molecule has 0 saturated carbocycles. The number of rotatable bonds is 4. The summed E-state index contributed by atoms with van der Waals surface area (Å²) in [6, 6.07) is -1.12. The molecule has 1 unspecified atom stereocenters. The molecule has 19 heavy (non-hydrogen) atoms. The molecule has 7 nitrogen and oxygen atoms in total. The fourth-order valence-corrected chi connectivity index (χ4v) is 2.73.